The summed E-state index contributed by atoms with van der Waals surface area (Å²) in [5, 5.41) is 12.8. The Labute approximate surface area is 332 Å². The maximum Gasteiger partial charge on any atom is 0.264 e. The summed E-state index contributed by atoms with van der Waals surface area (Å²) in [6, 6.07) is 11.3. The van der Waals surface area contributed by atoms with Crippen molar-refractivity contribution >= 4 is 39.1 Å². The van der Waals surface area contributed by atoms with E-state index in [4.69, 9.17) is 16.3 Å². The summed E-state index contributed by atoms with van der Waals surface area (Å²) in [6.07, 6.45) is 7.85. The lowest BCUT2D eigenvalue weighted by molar-refractivity contribution is -0.132. The van der Waals surface area contributed by atoms with E-state index in [0.29, 0.717) is 62.8 Å². The molecule has 2 N–H and O–H groups in total. The molecule has 1 aliphatic carbocycles. The summed E-state index contributed by atoms with van der Waals surface area (Å²) in [6.45, 7) is 14.3. The predicted molar refractivity (Wildman–Crippen MR) is 216 cm³/mol. The second kappa shape index (κ2) is 16.7. The minimum atomic E-state index is -3.98. The van der Waals surface area contributed by atoms with Gasteiger partial charge in [-0.3, -0.25) is 19.4 Å². The predicted octanol–water partition coefficient (Wildman–Crippen LogP) is 5.10. The molecular weight excluding hydrogens is 738 g/mol. The van der Waals surface area contributed by atoms with E-state index in [-0.39, 0.29) is 35.3 Å². The number of halogens is 1. The number of carbonyl (C=O) groups is 2. The monoisotopic (exact) mass is 795 g/mol. The number of nitrogens with zero attached hydrogens (tertiary/aromatic N) is 4. The Kier molecular flexibility index (Phi) is 12.2. The van der Waals surface area contributed by atoms with Crippen LogP contribution in [-0.2, 0) is 27.8 Å². The average molecular weight is 796 g/mol. The van der Waals surface area contributed by atoms with Crippen LogP contribution in [0.2, 0.25) is 5.02 Å². The number of fused-ring (bicyclic) bond motifs is 4. The number of β-amino-alcohol motifs (C(OH)–C–C–N with tert-alkyl or cyclic N) is 1. The van der Waals surface area contributed by atoms with E-state index in [0.717, 1.165) is 81.6 Å². The molecule has 4 heterocycles. The van der Waals surface area contributed by atoms with E-state index < -0.39 is 26.8 Å². The molecule has 2 aromatic carbocycles. The molecule has 2 bridgehead atoms. The third-order valence-electron chi connectivity index (χ3n) is 13.4. The van der Waals surface area contributed by atoms with Gasteiger partial charge in [0.15, 0.2) is 0 Å². The maximum atomic E-state index is 13.6. The van der Waals surface area contributed by atoms with Crippen molar-refractivity contribution in [3.05, 3.63) is 70.8 Å². The molecule has 3 fully saturated rings. The maximum absolute atomic E-state index is 13.6. The van der Waals surface area contributed by atoms with Crippen LogP contribution >= 0.6 is 11.6 Å². The van der Waals surface area contributed by atoms with Crippen LogP contribution in [0.5, 0.6) is 5.75 Å². The fourth-order valence-corrected chi connectivity index (χ4v) is 11.2. The largest absolute Gasteiger partial charge is 0.487 e. The van der Waals surface area contributed by atoms with Crippen LogP contribution in [0, 0.1) is 17.8 Å². The lowest BCUT2D eigenvalue weighted by atomic mass is 9.62. The third-order valence-corrected chi connectivity index (χ3v) is 15.5. The summed E-state index contributed by atoms with van der Waals surface area (Å²) in [5.74, 6) is 0.000423. The van der Waals surface area contributed by atoms with E-state index in [1.165, 1.54) is 6.08 Å². The number of nitrogens with one attached hydrogen (secondary N) is 1. The first-order valence-corrected chi connectivity index (χ1v) is 22.2. The van der Waals surface area contributed by atoms with E-state index in [1.807, 2.05) is 30.0 Å². The lowest BCUT2D eigenvalue weighted by Gasteiger charge is -2.53. The summed E-state index contributed by atoms with van der Waals surface area (Å²) in [4.78, 5) is 35.2. The average Bonchev–Trinajstić information content (AvgIpc) is 3.18. The molecule has 13 heteroatoms. The van der Waals surface area contributed by atoms with Gasteiger partial charge in [-0.1, -0.05) is 37.6 Å². The topological polar surface area (TPSA) is 123 Å². The molecule has 2 amide bonds. The van der Waals surface area contributed by atoms with Crippen LogP contribution in [0.3, 0.4) is 0 Å². The van der Waals surface area contributed by atoms with Gasteiger partial charge in [0.1, 0.15) is 12.4 Å². The number of sulfonamides is 1. The molecule has 5 aliphatic rings. The molecular formula is C42H58ClN5O6S. The van der Waals surface area contributed by atoms with Gasteiger partial charge in [0.25, 0.3) is 5.91 Å². The number of aliphatic hydroxyl groups is 1. The summed E-state index contributed by atoms with van der Waals surface area (Å²) >= 11 is 6.40. The summed E-state index contributed by atoms with van der Waals surface area (Å²) in [5.41, 5.74) is 2.28. The van der Waals surface area contributed by atoms with Crippen molar-refractivity contribution in [1.29, 1.82) is 0 Å². The number of hydrogen-bond acceptors (Lipinski definition) is 9. The Morgan fingerprint density at radius 2 is 1.82 bits per heavy atom. The number of ether oxygens (including phenoxy) is 1. The quantitative estimate of drug-likeness (QED) is 0.409. The first kappa shape index (κ1) is 40.1. The highest BCUT2D eigenvalue weighted by Crippen LogP contribution is 2.47. The van der Waals surface area contributed by atoms with E-state index in [2.05, 4.69) is 26.0 Å². The van der Waals surface area contributed by atoms with Crippen molar-refractivity contribution in [3.8, 4) is 5.75 Å². The Morgan fingerprint density at radius 1 is 1.00 bits per heavy atom. The fraction of sp³-hybridized carbons (Fsp3) is 0.619. The van der Waals surface area contributed by atoms with Crippen LogP contribution in [0.4, 0.5) is 5.69 Å². The molecule has 0 spiro atoms. The minimum Gasteiger partial charge on any atom is -0.487 e. The highest BCUT2D eigenvalue weighted by atomic mass is 35.5. The molecule has 2 saturated heterocycles. The number of anilines is 1. The van der Waals surface area contributed by atoms with Gasteiger partial charge in [0.05, 0.1) is 16.5 Å². The van der Waals surface area contributed by atoms with Crippen molar-refractivity contribution in [2.75, 3.05) is 63.8 Å². The van der Waals surface area contributed by atoms with Gasteiger partial charge in [0, 0.05) is 75.5 Å². The molecule has 2 unspecified atom stereocenters. The number of piperazine rings is 2. The Bertz CT molecular complexity index is 1860. The zero-order chi connectivity index (χ0) is 38.9. The minimum absolute atomic E-state index is 0.0330. The number of benzene rings is 2. The molecule has 7 rings (SSSR count). The second-order valence-electron chi connectivity index (χ2n) is 16.8. The van der Waals surface area contributed by atoms with Crippen LogP contribution in [0.1, 0.15) is 80.3 Å². The Morgan fingerprint density at radius 3 is 2.60 bits per heavy atom. The highest BCUT2D eigenvalue weighted by molar-refractivity contribution is 7.90. The van der Waals surface area contributed by atoms with Crippen molar-refractivity contribution in [3.63, 3.8) is 0 Å². The van der Waals surface area contributed by atoms with E-state index >= 15 is 0 Å². The van der Waals surface area contributed by atoms with Crippen LogP contribution in [-0.4, -0.2) is 116 Å². The molecule has 4 aliphatic heterocycles. The fourth-order valence-electron chi connectivity index (χ4n) is 9.67. The molecule has 300 valence electrons. The third kappa shape index (κ3) is 8.88. The molecule has 1 saturated carbocycles. The van der Waals surface area contributed by atoms with Gasteiger partial charge < -0.3 is 19.6 Å². The first-order chi connectivity index (χ1) is 26.3. The number of amides is 2. The molecule has 55 heavy (non-hydrogen) atoms. The van der Waals surface area contributed by atoms with Crippen molar-refractivity contribution in [2.45, 2.75) is 88.7 Å². The number of hydrogen-bond donors (Lipinski definition) is 2. The van der Waals surface area contributed by atoms with Crippen molar-refractivity contribution < 1.29 is 27.9 Å². The zero-order valence-corrected chi connectivity index (χ0v) is 34.0. The normalized spacial score (nSPS) is 30.9. The van der Waals surface area contributed by atoms with Crippen LogP contribution in [0.25, 0.3) is 0 Å². The smallest absolute Gasteiger partial charge is 0.264 e. The standard InChI is InChI=1S/C42H58ClN5O6S/c1-4-40(49)48-21-20-46-19-18-45(25-36(46)26-48)28-42(51)16-7-8-29(2)30(3)55(52,53)44-41(50)32-12-15-39-38(23-32)47(24-33-11-14-37(33)42)17-6-5-9-31-22-35(43)13-10-34(31)27-54-39/h4,10,12-13,15,22-23,29-30,33,36-37,51H,1,5-9,11,14,16-21,24-28H2,2-3H3,(H,44,50)/t29-,30+,33-,36?,37+,42?/m0/s1. The zero-order valence-electron chi connectivity index (χ0n) is 32.4. The number of carbonyl (C=O) groups excluding carboxylic acids is 2. The lowest BCUT2D eigenvalue weighted by Crippen LogP contribution is -2.65. The Hall–Kier alpha value is -3.16. The molecule has 0 aromatic heterocycles. The van der Waals surface area contributed by atoms with E-state index in [9.17, 15) is 23.1 Å². The molecule has 6 atom stereocenters. The van der Waals surface area contributed by atoms with Crippen molar-refractivity contribution in [1.82, 2.24) is 19.4 Å². The second-order valence-corrected chi connectivity index (χ2v) is 19.3. The molecule has 11 nitrogen and oxygen atoms in total. The van der Waals surface area contributed by atoms with Gasteiger partial charge >= 0.3 is 0 Å². The molecule has 2 aromatic rings. The van der Waals surface area contributed by atoms with Gasteiger partial charge in [-0.25, -0.2) is 13.1 Å². The Balaban J connectivity index is 1.20. The number of rotatable bonds is 3. The van der Waals surface area contributed by atoms with E-state index in [1.54, 1.807) is 25.1 Å². The van der Waals surface area contributed by atoms with Gasteiger partial charge in [-0.05, 0) is 117 Å². The summed E-state index contributed by atoms with van der Waals surface area (Å²) < 4.78 is 36.1. The van der Waals surface area contributed by atoms with Gasteiger partial charge in [-0.2, -0.15) is 0 Å². The SMILES string of the molecule is C=CC(=O)N1CCN2CCN(CC3(O)CCC[C@H](C)[C@@H](C)S(=O)(=O)NC(=O)c4ccc5c(c4)N(CCCCc4cc(Cl)ccc4CO5)C[C@@H]4CC[C@H]43)CC2C1. The summed E-state index contributed by atoms with van der Waals surface area (Å²) in [7, 11) is -3.98. The van der Waals surface area contributed by atoms with Crippen molar-refractivity contribution in [2.24, 2.45) is 17.8 Å². The number of aryl methyl sites for hydroxylation is 1. The van der Waals surface area contributed by atoms with Crippen LogP contribution < -0.4 is 14.4 Å². The van der Waals surface area contributed by atoms with Gasteiger partial charge in [-0.15, -0.1) is 0 Å². The first-order valence-electron chi connectivity index (χ1n) is 20.3. The highest BCUT2D eigenvalue weighted by Gasteiger charge is 2.48. The van der Waals surface area contributed by atoms with Gasteiger partial charge in [0.2, 0.25) is 15.9 Å². The molecule has 0 radical (unpaired) electrons. The van der Waals surface area contributed by atoms with Crippen LogP contribution in [0.15, 0.2) is 49.1 Å².